The van der Waals surface area contributed by atoms with Gasteiger partial charge in [0.05, 0.1) is 14.7 Å². The molecule has 1 aromatic carbocycles. The highest BCUT2D eigenvalue weighted by Gasteiger charge is 2.24. The van der Waals surface area contributed by atoms with Gasteiger partial charge in [-0.2, -0.15) is 0 Å². The molecule has 0 amide bonds. The summed E-state index contributed by atoms with van der Waals surface area (Å²) in [5.41, 5.74) is -1.15. The Morgan fingerprint density at radius 1 is 1.43 bits per heavy atom. The van der Waals surface area contributed by atoms with E-state index in [1.165, 1.54) is 0 Å². The fourth-order valence-electron chi connectivity index (χ4n) is 1.68. The normalized spacial score (nSPS) is 12.2. The second kappa shape index (κ2) is 6.40. The molecule has 0 atom stereocenters. The highest BCUT2D eigenvalue weighted by Crippen LogP contribution is 2.29. The summed E-state index contributed by atoms with van der Waals surface area (Å²) in [6.07, 6.45) is 1.02. The molecule has 1 aromatic rings. The molecule has 0 aliphatic carbocycles. The van der Waals surface area contributed by atoms with Crippen molar-refractivity contribution in [3.8, 4) is 0 Å². The van der Waals surface area contributed by atoms with Crippen LogP contribution in [0.15, 0.2) is 12.1 Å². The first kappa shape index (κ1) is 18.0. The van der Waals surface area contributed by atoms with Crippen LogP contribution in [0, 0.1) is 19.5 Å². The van der Waals surface area contributed by atoms with Crippen LogP contribution in [0.2, 0.25) is 0 Å². The molecule has 0 radical (unpaired) electrons. The lowest BCUT2D eigenvalue weighted by Gasteiger charge is -2.25. The van der Waals surface area contributed by atoms with E-state index in [1.807, 2.05) is 0 Å². The van der Waals surface area contributed by atoms with Crippen molar-refractivity contribution in [3.63, 3.8) is 0 Å². The second-order valence-electron chi connectivity index (χ2n) is 5.15. The molecule has 10 heteroatoms. The average Bonchev–Trinajstić information content (AvgIpc) is 2.26. The maximum absolute atomic E-state index is 13.5. The van der Waals surface area contributed by atoms with Crippen LogP contribution >= 0.6 is 22.6 Å². The minimum absolute atomic E-state index is 0.00120. The number of nitrogens with one attached hydrogen (secondary N) is 2. The summed E-state index contributed by atoms with van der Waals surface area (Å²) < 4.78 is 38.5. The lowest BCUT2D eigenvalue weighted by molar-refractivity contribution is -0.384. The lowest BCUT2D eigenvalue weighted by Crippen LogP contribution is -2.47. The Bertz CT molecular complexity index is 664. The van der Waals surface area contributed by atoms with E-state index in [2.05, 4.69) is 10.0 Å². The highest BCUT2D eigenvalue weighted by atomic mass is 127. The third-order valence-electron chi connectivity index (χ3n) is 2.42. The van der Waals surface area contributed by atoms with Gasteiger partial charge in [0.2, 0.25) is 10.0 Å². The third-order valence-corrected chi connectivity index (χ3v) is 4.17. The smallest absolute Gasteiger partial charge is 0.293 e. The van der Waals surface area contributed by atoms with Gasteiger partial charge in [-0.3, -0.25) is 10.1 Å². The molecular formula is C11H15FIN3O4S. The average molecular weight is 431 g/mol. The molecule has 0 aliphatic rings. The van der Waals surface area contributed by atoms with E-state index in [1.54, 1.807) is 36.4 Å². The van der Waals surface area contributed by atoms with Gasteiger partial charge < -0.3 is 5.32 Å². The zero-order valence-corrected chi connectivity index (χ0v) is 14.6. The summed E-state index contributed by atoms with van der Waals surface area (Å²) in [6.45, 7) is 3.27. The van der Waals surface area contributed by atoms with Crippen molar-refractivity contribution in [2.75, 3.05) is 18.1 Å². The maximum Gasteiger partial charge on any atom is 0.293 e. The van der Waals surface area contributed by atoms with Gasteiger partial charge in [0, 0.05) is 24.2 Å². The van der Waals surface area contributed by atoms with Crippen molar-refractivity contribution in [1.82, 2.24) is 4.72 Å². The number of hydrogen-bond acceptors (Lipinski definition) is 5. The summed E-state index contributed by atoms with van der Waals surface area (Å²) in [7, 11) is -3.43. The van der Waals surface area contributed by atoms with E-state index in [-0.39, 0.29) is 21.5 Å². The Hall–Kier alpha value is -1.01. The molecule has 1 rings (SSSR count). The molecule has 118 valence electrons. The number of sulfonamides is 1. The summed E-state index contributed by atoms with van der Waals surface area (Å²) in [6, 6.07) is 2.14. The van der Waals surface area contributed by atoms with Crippen LogP contribution in [0.25, 0.3) is 0 Å². The largest absolute Gasteiger partial charge is 0.378 e. The zero-order valence-electron chi connectivity index (χ0n) is 11.6. The molecule has 2 N–H and O–H groups in total. The van der Waals surface area contributed by atoms with Gasteiger partial charge in [0.1, 0.15) is 11.5 Å². The van der Waals surface area contributed by atoms with Gasteiger partial charge in [-0.1, -0.05) is 0 Å². The fourth-order valence-corrected chi connectivity index (χ4v) is 3.21. The van der Waals surface area contributed by atoms with Gasteiger partial charge in [-0.05, 0) is 36.4 Å². The number of nitro benzene ring substituents is 1. The molecule has 0 aromatic heterocycles. The first-order chi connectivity index (χ1) is 9.41. The van der Waals surface area contributed by atoms with Gasteiger partial charge >= 0.3 is 0 Å². The van der Waals surface area contributed by atoms with Crippen LogP contribution in [0.3, 0.4) is 0 Å². The molecular weight excluding hydrogens is 416 g/mol. The van der Waals surface area contributed by atoms with Gasteiger partial charge in [0.25, 0.3) is 5.69 Å². The number of anilines is 1. The number of hydrogen-bond donors (Lipinski definition) is 2. The SMILES string of the molecule is CC(C)(CNc1cc(F)c(I)cc1[N+](=O)[O-])NS(C)(=O)=O. The van der Waals surface area contributed by atoms with Crippen LogP contribution < -0.4 is 10.0 Å². The number of halogens is 2. The molecule has 0 unspecified atom stereocenters. The van der Waals surface area contributed by atoms with Crippen LogP contribution in [-0.2, 0) is 10.0 Å². The topological polar surface area (TPSA) is 101 Å². The quantitative estimate of drug-likeness (QED) is 0.408. The van der Waals surface area contributed by atoms with Crippen LogP contribution in [0.1, 0.15) is 13.8 Å². The first-order valence-electron chi connectivity index (χ1n) is 5.77. The van der Waals surface area contributed by atoms with Crippen molar-refractivity contribution in [1.29, 1.82) is 0 Å². The van der Waals surface area contributed by atoms with E-state index in [0.717, 1.165) is 18.4 Å². The van der Waals surface area contributed by atoms with Crippen molar-refractivity contribution >= 4 is 44.0 Å². The Kier molecular flexibility index (Phi) is 5.50. The van der Waals surface area contributed by atoms with E-state index >= 15 is 0 Å². The predicted octanol–water partition coefficient (Wildman–Crippen LogP) is 2.08. The van der Waals surface area contributed by atoms with Crippen molar-refractivity contribution in [2.45, 2.75) is 19.4 Å². The lowest BCUT2D eigenvalue weighted by atomic mass is 10.1. The highest BCUT2D eigenvalue weighted by molar-refractivity contribution is 14.1. The van der Waals surface area contributed by atoms with Crippen molar-refractivity contribution < 1.29 is 17.7 Å². The number of rotatable bonds is 6. The fraction of sp³-hybridized carbons (Fsp3) is 0.455. The number of nitro groups is 1. The Morgan fingerprint density at radius 2 is 2.00 bits per heavy atom. The van der Waals surface area contributed by atoms with Gasteiger partial charge in [-0.15, -0.1) is 0 Å². The molecule has 0 saturated carbocycles. The molecule has 0 saturated heterocycles. The van der Waals surface area contributed by atoms with Crippen molar-refractivity contribution in [3.05, 3.63) is 31.6 Å². The van der Waals surface area contributed by atoms with Crippen LogP contribution in [-0.4, -0.2) is 31.7 Å². The third kappa shape index (κ3) is 5.71. The van der Waals surface area contributed by atoms with E-state index < -0.39 is 26.3 Å². The predicted molar refractivity (Wildman–Crippen MR) is 86.3 cm³/mol. The zero-order chi connectivity index (χ0) is 16.4. The van der Waals surface area contributed by atoms with E-state index in [0.29, 0.717) is 0 Å². The van der Waals surface area contributed by atoms with Crippen molar-refractivity contribution in [2.24, 2.45) is 0 Å². The molecule has 21 heavy (non-hydrogen) atoms. The van der Waals surface area contributed by atoms with E-state index in [9.17, 15) is 22.9 Å². The molecule has 0 bridgehead atoms. The van der Waals surface area contributed by atoms with Crippen LogP contribution in [0.5, 0.6) is 0 Å². The summed E-state index contributed by atoms with van der Waals surface area (Å²) in [4.78, 5) is 10.3. The minimum Gasteiger partial charge on any atom is -0.378 e. The molecule has 0 heterocycles. The monoisotopic (exact) mass is 431 g/mol. The number of benzene rings is 1. The summed E-state index contributed by atoms with van der Waals surface area (Å²) in [5.74, 6) is -0.586. The first-order valence-corrected chi connectivity index (χ1v) is 8.74. The molecule has 0 spiro atoms. The Labute approximate surface area is 135 Å². The Balaban J connectivity index is 2.98. The standard InChI is InChI=1S/C11H15FIN3O4S/c1-11(2,15-21(3,19)20)6-14-9-4-7(12)8(13)5-10(9)16(17)18/h4-5,14-15H,6H2,1-3H3. The maximum atomic E-state index is 13.5. The second-order valence-corrected chi connectivity index (χ2v) is 8.06. The van der Waals surface area contributed by atoms with Gasteiger partial charge in [-0.25, -0.2) is 17.5 Å². The van der Waals surface area contributed by atoms with Crippen LogP contribution in [0.4, 0.5) is 15.8 Å². The summed E-state index contributed by atoms with van der Waals surface area (Å²) >= 11 is 1.66. The summed E-state index contributed by atoms with van der Waals surface area (Å²) in [5, 5.41) is 13.7. The molecule has 0 fully saturated rings. The minimum atomic E-state index is -3.43. The van der Waals surface area contributed by atoms with Gasteiger partial charge in [0.15, 0.2) is 0 Å². The molecule has 7 nitrogen and oxygen atoms in total. The van der Waals surface area contributed by atoms with E-state index in [4.69, 9.17) is 0 Å². The Morgan fingerprint density at radius 3 is 2.48 bits per heavy atom. The molecule has 0 aliphatic heterocycles. The number of nitrogens with zero attached hydrogens (tertiary/aromatic N) is 1.